The van der Waals surface area contributed by atoms with Gasteiger partial charge < -0.3 is 0 Å². The molecule has 0 spiro atoms. The van der Waals surface area contributed by atoms with Crippen LogP contribution in [0.1, 0.15) is 13.3 Å². The fourth-order valence-electron chi connectivity index (χ4n) is 6.36. The first-order valence-corrected chi connectivity index (χ1v) is 5.75. The second kappa shape index (κ2) is 1.43. The number of carbonyl (C=O) groups is 2. The van der Waals surface area contributed by atoms with E-state index in [4.69, 9.17) is 0 Å². The van der Waals surface area contributed by atoms with E-state index >= 15 is 0 Å². The van der Waals surface area contributed by atoms with E-state index in [0.717, 1.165) is 0 Å². The molecule has 0 amide bonds. The molecule has 72 valence electrons. The molecule has 5 fully saturated rings. The van der Waals surface area contributed by atoms with Gasteiger partial charge in [-0.25, -0.2) is 0 Å². The Balaban J connectivity index is 1.93. The van der Waals surface area contributed by atoms with Crippen LogP contribution in [0.2, 0.25) is 0 Å². The van der Waals surface area contributed by atoms with Crippen LogP contribution in [0, 0.1) is 46.8 Å². The van der Waals surface area contributed by atoms with Crippen LogP contribution in [0.25, 0.3) is 0 Å². The normalized spacial score (nSPS) is 75.1. The molecule has 0 N–H and O–H groups in total. The smallest absolute Gasteiger partial charge is 0.143 e. The number of hydrogen-bond acceptors (Lipinski definition) is 2. The molecule has 0 heterocycles. The molecule has 0 saturated heterocycles. The molecule has 8 atom stereocenters. The second-order valence-corrected chi connectivity index (χ2v) is 6.25. The van der Waals surface area contributed by atoms with Gasteiger partial charge >= 0.3 is 0 Å². The Kier molecular flexibility index (Phi) is 0.689. The number of carbonyl (C=O) groups excluding carboxylic acids is 2. The summed E-state index contributed by atoms with van der Waals surface area (Å²) in [6, 6.07) is 0. The molecule has 0 aromatic rings. The van der Waals surface area contributed by atoms with Gasteiger partial charge in [0, 0.05) is 23.2 Å². The van der Waals surface area contributed by atoms with Gasteiger partial charge in [-0.2, -0.15) is 0 Å². The highest BCUT2D eigenvalue weighted by Gasteiger charge is 2.88. The third-order valence-electron chi connectivity index (χ3n) is 6.42. The lowest BCUT2D eigenvalue weighted by molar-refractivity contribution is -0.158. The molecule has 5 rings (SSSR count). The average Bonchev–Trinajstić information content (AvgIpc) is 2.67. The maximum Gasteiger partial charge on any atom is 0.143 e. The Morgan fingerprint density at radius 3 is 2.79 bits per heavy atom. The predicted molar refractivity (Wildman–Crippen MR) is 47.2 cm³/mol. The summed E-state index contributed by atoms with van der Waals surface area (Å²) < 4.78 is 0. The number of hydrogen-bond donors (Lipinski definition) is 0. The van der Waals surface area contributed by atoms with Crippen LogP contribution >= 0.6 is 0 Å². The Morgan fingerprint density at radius 2 is 2.00 bits per heavy atom. The summed E-state index contributed by atoms with van der Waals surface area (Å²) >= 11 is 0. The van der Waals surface area contributed by atoms with E-state index in [1.165, 1.54) is 6.42 Å². The van der Waals surface area contributed by atoms with Crippen molar-refractivity contribution >= 4 is 11.6 Å². The molecule has 0 aromatic carbocycles. The summed E-state index contributed by atoms with van der Waals surface area (Å²) in [5.74, 6) is 4.00. The zero-order valence-electron chi connectivity index (χ0n) is 8.07. The van der Waals surface area contributed by atoms with Gasteiger partial charge in [-0.05, 0) is 30.1 Å². The van der Waals surface area contributed by atoms with Crippen LogP contribution in [0.4, 0.5) is 0 Å². The van der Waals surface area contributed by atoms with Crippen LogP contribution in [-0.2, 0) is 9.59 Å². The number of rotatable bonds is 0. The van der Waals surface area contributed by atoms with Gasteiger partial charge in [-0.1, -0.05) is 6.92 Å². The van der Waals surface area contributed by atoms with E-state index in [1.54, 1.807) is 0 Å². The van der Waals surface area contributed by atoms with Crippen molar-refractivity contribution < 1.29 is 9.59 Å². The molecule has 2 bridgehead atoms. The summed E-state index contributed by atoms with van der Waals surface area (Å²) in [6.45, 7) is 2.08. The third-order valence-corrected chi connectivity index (χ3v) is 6.42. The van der Waals surface area contributed by atoms with Crippen molar-refractivity contribution in [1.29, 1.82) is 0 Å². The molecule has 5 aliphatic rings. The Hall–Kier alpha value is -0.660. The molecule has 8 unspecified atom stereocenters. The van der Waals surface area contributed by atoms with Crippen molar-refractivity contribution in [3.05, 3.63) is 0 Å². The average molecular weight is 188 g/mol. The molecule has 5 aliphatic carbocycles. The topological polar surface area (TPSA) is 34.1 Å². The van der Waals surface area contributed by atoms with Gasteiger partial charge in [-0.3, -0.25) is 9.59 Å². The lowest BCUT2D eigenvalue weighted by Crippen LogP contribution is -2.57. The van der Waals surface area contributed by atoms with Gasteiger partial charge in [-0.15, -0.1) is 0 Å². The van der Waals surface area contributed by atoms with E-state index in [2.05, 4.69) is 6.92 Å². The molecule has 5 saturated carbocycles. The first kappa shape index (κ1) is 6.76. The number of ketones is 2. The van der Waals surface area contributed by atoms with Gasteiger partial charge in [0.15, 0.2) is 0 Å². The van der Waals surface area contributed by atoms with E-state index in [1.807, 2.05) is 0 Å². The molecule has 2 heteroatoms. The number of fused-ring (bicyclic) bond motifs is 2. The quantitative estimate of drug-likeness (QED) is 0.566. The molecule has 14 heavy (non-hydrogen) atoms. The lowest BCUT2D eigenvalue weighted by atomic mass is 9.49. The van der Waals surface area contributed by atoms with Crippen molar-refractivity contribution in [3.63, 3.8) is 0 Å². The van der Waals surface area contributed by atoms with E-state index in [-0.39, 0.29) is 23.2 Å². The zero-order valence-corrected chi connectivity index (χ0v) is 8.07. The van der Waals surface area contributed by atoms with Crippen LogP contribution in [-0.4, -0.2) is 11.6 Å². The summed E-state index contributed by atoms with van der Waals surface area (Å²) in [6.07, 6.45) is 1.20. The predicted octanol–water partition coefficient (Wildman–Crippen LogP) is 0.902. The van der Waals surface area contributed by atoms with Crippen LogP contribution < -0.4 is 0 Å². The zero-order chi connectivity index (χ0) is 9.40. The maximum atomic E-state index is 12.2. The minimum atomic E-state index is -0.182. The Morgan fingerprint density at radius 1 is 1.21 bits per heavy atom. The van der Waals surface area contributed by atoms with Gasteiger partial charge in [0.2, 0.25) is 0 Å². The van der Waals surface area contributed by atoms with Crippen LogP contribution in [0.5, 0.6) is 0 Å². The van der Waals surface area contributed by atoms with Crippen molar-refractivity contribution in [2.75, 3.05) is 0 Å². The molecular formula is C12H12O2. The molecule has 2 nitrogen and oxygen atoms in total. The maximum absolute atomic E-state index is 12.2. The molecule has 0 radical (unpaired) electrons. The first-order valence-electron chi connectivity index (χ1n) is 5.75. The summed E-state index contributed by atoms with van der Waals surface area (Å²) in [4.78, 5) is 24.3. The molecular weight excluding hydrogens is 176 g/mol. The largest absolute Gasteiger partial charge is 0.299 e. The third kappa shape index (κ3) is 0.322. The van der Waals surface area contributed by atoms with Crippen LogP contribution in [0.15, 0.2) is 0 Å². The Bertz CT molecular complexity index is 422. The van der Waals surface area contributed by atoms with Gasteiger partial charge in [0.05, 0.1) is 0 Å². The van der Waals surface area contributed by atoms with Gasteiger partial charge in [0.25, 0.3) is 0 Å². The Labute approximate surface area is 82.0 Å². The monoisotopic (exact) mass is 188 g/mol. The van der Waals surface area contributed by atoms with Crippen LogP contribution in [0.3, 0.4) is 0 Å². The summed E-state index contributed by atoms with van der Waals surface area (Å²) in [5.41, 5.74) is -0.182. The number of Topliss-reactive ketones (excluding diaryl/α,β-unsaturated/α-hetero) is 2. The highest BCUT2D eigenvalue weighted by molar-refractivity contribution is 6.08. The lowest BCUT2D eigenvalue weighted by Gasteiger charge is -2.51. The minimum Gasteiger partial charge on any atom is -0.299 e. The molecule has 0 aromatic heterocycles. The summed E-state index contributed by atoms with van der Waals surface area (Å²) in [5, 5.41) is 0. The first-order chi connectivity index (χ1) is 6.67. The van der Waals surface area contributed by atoms with E-state index < -0.39 is 0 Å². The van der Waals surface area contributed by atoms with Crippen molar-refractivity contribution in [3.8, 4) is 0 Å². The summed E-state index contributed by atoms with van der Waals surface area (Å²) in [7, 11) is 0. The van der Waals surface area contributed by atoms with Crippen molar-refractivity contribution in [1.82, 2.24) is 0 Å². The fraction of sp³-hybridized carbons (Fsp3) is 0.833. The standard InChI is InChI=1S/C12H12O2/c1-12-8-4-2-3-5(6(4)11(12)14)10(13)9(12)7(3)8/h3-9H,2H2,1H3. The van der Waals surface area contributed by atoms with Gasteiger partial charge in [0.1, 0.15) is 11.6 Å². The SMILES string of the molecule is CC12C(=O)C3C4CC5C3C(=O)C1C5C42. The minimum absolute atomic E-state index is 0.166. The van der Waals surface area contributed by atoms with E-state index in [0.29, 0.717) is 35.2 Å². The highest BCUT2D eigenvalue weighted by atomic mass is 16.1. The van der Waals surface area contributed by atoms with Crippen molar-refractivity contribution in [2.45, 2.75) is 13.3 Å². The molecule has 0 aliphatic heterocycles. The highest BCUT2D eigenvalue weighted by Crippen LogP contribution is 2.84. The van der Waals surface area contributed by atoms with Crippen molar-refractivity contribution in [2.24, 2.45) is 46.8 Å². The fourth-order valence-corrected chi connectivity index (χ4v) is 6.36. The van der Waals surface area contributed by atoms with E-state index in [9.17, 15) is 9.59 Å². The second-order valence-electron chi connectivity index (χ2n) is 6.25.